The van der Waals surface area contributed by atoms with Crippen LogP contribution in [0.5, 0.6) is 17.2 Å². The quantitative estimate of drug-likeness (QED) is 0.481. The minimum absolute atomic E-state index is 0.0824. The normalized spacial score (nSPS) is 10.5. The molecule has 29 heavy (non-hydrogen) atoms. The van der Waals surface area contributed by atoms with Crippen LogP contribution in [0.1, 0.15) is 29.8 Å². The zero-order chi connectivity index (χ0) is 21.4. The van der Waals surface area contributed by atoms with E-state index in [2.05, 4.69) is 5.32 Å². The maximum Gasteiger partial charge on any atom is 0.276 e. The number of rotatable bonds is 10. The fraction of sp³-hybridized carbons (Fsp3) is 0.381. The number of nitrogens with zero attached hydrogens (tertiary/aromatic N) is 1. The van der Waals surface area contributed by atoms with Crippen LogP contribution in [0.15, 0.2) is 36.4 Å². The molecule has 0 atom stereocenters. The van der Waals surface area contributed by atoms with Crippen molar-refractivity contribution in [2.45, 2.75) is 20.3 Å². The summed E-state index contributed by atoms with van der Waals surface area (Å²) in [4.78, 5) is 23.3. The number of hydrogen-bond acceptors (Lipinski definition) is 6. The van der Waals surface area contributed by atoms with Crippen LogP contribution in [-0.2, 0) is 6.42 Å². The van der Waals surface area contributed by atoms with Gasteiger partial charge in [0.25, 0.3) is 11.6 Å². The fourth-order valence-corrected chi connectivity index (χ4v) is 2.68. The average molecular weight is 402 g/mol. The molecule has 2 rings (SSSR count). The molecule has 2 aromatic carbocycles. The SMILES string of the molecule is COc1cc(CCNC(=O)c2cccc(OCC(C)C)c2)c([N+](=O)[O-])cc1OC. The largest absolute Gasteiger partial charge is 0.493 e. The van der Waals surface area contributed by atoms with E-state index in [4.69, 9.17) is 14.2 Å². The molecule has 8 nitrogen and oxygen atoms in total. The minimum Gasteiger partial charge on any atom is -0.493 e. The number of amides is 1. The van der Waals surface area contributed by atoms with Gasteiger partial charge in [0.15, 0.2) is 11.5 Å². The predicted molar refractivity (Wildman–Crippen MR) is 109 cm³/mol. The van der Waals surface area contributed by atoms with Crippen molar-refractivity contribution < 1.29 is 23.9 Å². The lowest BCUT2D eigenvalue weighted by Gasteiger charge is -2.12. The van der Waals surface area contributed by atoms with Crippen LogP contribution in [0.2, 0.25) is 0 Å². The van der Waals surface area contributed by atoms with E-state index in [0.29, 0.717) is 35.2 Å². The van der Waals surface area contributed by atoms with E-state index in [-0.39, 0.29) is 30.3 Å². The van der Waals surface area contributed by atoms with Gasteiger partial charge in [0.05, 0.1) is 31.8 Å². The second-order valence-corrected chi connectivity index (χ2v) is 6.83. The number of carbonyl (C=O) groups is 1. The Hall–Kier alpha value is -3.29. The summed E-state index contributed by atoms with van der Waals surface area (Å²) in [7, 11) is 2.88. The molecule has 0 aliphatic rings. The van der Waals surface area contributed by atoms with Crippen molar-refractivity contribution in [3.63, 3.8) is 0 Å². The molecular weight excluding hydrogens is 376 g/mol. The smallest absolute Gasteiger partial charge is 0.276 e. The van der Waals surface area contributed by atoms with E-state index in [1.165, 1.54) is 20.3 Å². The summed E-state index contributed by atoms with van der Waals surface area (Å²) in [5.41, 5.74) is 0.830. The van der Waals surface area contributed by atoms with Gasteiger partial charge in [-0.2, -0.15) is 0 Å². The maximum absolute atomic E-state index is 12.4. The monoisotopic (exact) mass is 402 g/mol. The topological polar surface area (TPSA) is 99.9 Å². The molecule has 0 saturated heterocycles. The average Bonchev–Trinajstić information content (AvgIpc) is 2.71. The summed E-state index contributed by atoms with van der Waals surface area (Å²) in [5, 5.41) is 14.1. The lowest BCUT2D eigenvalue weighted by molar-refractivity contribution is -0.385. The van der Waals surface area contributed by atoms with E-state index >= 15 is 0 Å². The molecule has 0 aromatic heterocycles. The number of hydrogen-bond donors (Lipinski definition) is 1. The van der Waals surface area contributed by atoms with Crippen molar-refractivity contribution >= 4 is 11.6 Å². The predicted octanol–water partition coefficient (Wildman–Crippen LogP) is 3.62. The van der Waals surface area contributed by atoms with Crippen LogP contribution >= 0.6 is 0 Å². The second-order valence-electron chi connectivity index (χ2n) is 6.83. The molecule has 0 radical (unpaired) electrons. The lowest BCUT2D eigenvalue weighted by Crippen LogP contribution is -2.26. The van der Waals surface area contributed by atoms with E-state index in [1.54, 1.807) is 30.3 Å². The second kappa shape index (κ2) is 10.3. The summed E-state index contributed by atoms with van der Waals surface area (Å²) in [6.45, 7) is 4.88. The Morgan fingerprint density at radius 1 is 1.14 bits per heavy atom. The highest BCUT2D eigenvalue weighted by atomic mass is 16.6. The highest BCUT2D eigenvalue weighted by molar-refractivity contribution is 5.94. The number of ether oxygens (including phenoxy) is 3. The third-order valence-electron chi connectivity index (χ3n) is 4.14. The molecule has 1 N–H and O–H groups in total. The van der Waals surface area contributed by atoms with Crippen LogP contribution in [0.3, 0.4) is 0 Å². The van der Waals surface area contributed by atoms with E-state index in [0.717, 1.165) is 0 Å². The zero-order valence-electron chi connectivity index (χ0n) is 17.1. The molecule has 0 saturated carbocycles. The van der Waals surface area contributed by atoms with E-state index in [9.17, 15) is 14.9 Å². The molecule has 2 aromatic rings. The highest BCUT2D eigenvalue weighted by Gasteiger charge is 2.19. The number of nitrogens with one attached hydrogen (secondary N) is 1. The number of nitro groups is 1. The Bertz CT molecular complexity index is 866. The van der Waals surface area contributed by atoms with Gasteiger partial charge in [-0.05, 0) is 36.6 Å². The van der Waals surface area contributed by atoms with E-state index in [1.807, 2.05) is 13.8 Å². The van der Waals surface area contributed by atoms with Crippen LogP contribution in [0.4, 0.5) is 5.69 Å². The number of benzene rings is 2. The van der Waals surface area contributed by atoms with Crippen LogP contribution in [-0.4, -0.2) is 38.2 Å². The van der Waals surface area contributed by atoms with Crippen molar-refractivity contribution in [1.29, 1.82) is 0 Å². The first-order valence-electron chi connectivity index (χ1n) is 9.26. The van der Waals surface area contributed by atoms with Crippen molar-refractivity contribution in [2.75, 3.05) is 27.4 Å². The molecule has 156 valence electrons. The highest BCUT2D eigenvalue weighted by Crippen LogP contribution is 2.34. The van der Waals surface area contributed by atoms with Gasteiger partial charge in [0, 0.05) is 17.7 Å². The molecule has 0 bridgehead atoms. The van der Waals surface area contributed by atoms with Gasteiger partial charge in [-0.25, -0.2) is 0 Å². The van der Waals surface area contributed by atoms with Crippen molar-refractivity contribution in [1.82, 2.24) is 5.32 Å². The molecule has 8 heteroatoms. The summed E-state index contributed by atoms with van der Waals surface area (Å²) >= 11 is 0. The summed E-state index contributed by atoms with van der Waals surface area (Å²) in [6.07, 6.45) is 0.270. The standard InChI is InChI=1S/C21H26N2O6/c1-14(2)13-29-17-7-5-6-16(10-17)21(24)22-9-8-15-11-19(27-3)20(28-4)12-18(15)23(25)26/h5-7,10-12,14H,8-9,13H2,1-4H3,(H,22,24). The third-order valence-corrected chi connectivity index (χ3v) is 4.14. The minimum atomic E-state index is -0.478. The molecule has 0 unspecified atom stereocenters. The Kier molecular flexibility index (Phi) is 7.82. The Labute approximate surface area is 169 Å². The Balaban J connectivity index is 2.05. The summed E-state index contributed by atoms with van der Waals surface area (Å²) in [5.74, 6) is 1.41. The third kappa shape index (κ3) is 6.10. The number of methoxy groups -OCH3 is 2. The molecule has 0 aliphatic carbocycles. The first-order chi connectivity index (χ1) is 13.8. The van der Waals surface area contributed by atoms with Crippen LogP contribution < -0.4 is 19.5 Å². The van der Waals surface area contributed by atoms with Gasteiger partial charge >= 0.3 is 0 Å². The lowest BCUT2D eigenvalue weighted by atomic mass is 10.1. The summed E-state index contributed by atoms with van der Waals surface area (Å²) < 4.78 is 16.0. The van der Waals surface area contributed by atoms with Crippen LogP contribution in [0, 0.1) is 16.0 Å². The first-order valence-corrected chi connectivity index (χ1v) is 9.26. The molecule has 0 fully saturated rings. The Morgan fingerprint density at radius 2 is 1.83 bits per heavy atom. The van der Waals surface area contributed by atoms with Gasteiger partial charge in [-0.1, -0.05) is 19.9 Å². The fourth-order valence-electron chi connectivity index (χ4n) is 2.68. The van der Waals surface area contributed by atoms with Gasteiger partial charge in [0.2, 0.25) is 0 Å². The summed E-state index contributed by atoms with van der Waals surface area (Å²) in [6, 6.07) is 9.80. The van der Waals surface area contributed by atoms with Crippen LogP contribution in [0.25, 0.3) is 0 Å². The van der Waals surface area contributed by atoms with Crippen molar-refractivity contribution in [3.8, 4) is 17.2 Å². The molecule has 1 amide bonds. The van der Waals surface area contributed by atoms with Gasteiger partial charge < -0.3 is 19.5 Å². The maximum atomic E-state index is 12.4. The van der Waals surface area contributed by atoms with E-state index < -0.39 is 4.92 Å². The zero-order valence-corrected chi connectivity index (χ0v) is 17.1. The molecular formula is C21H26N2O6. The van der Waals surface area contributed by atoms with Gasteiger partial charge in [-0.3, -0.25) is 14.9 Å². The van der Waals surface area contributed by atoms with Gasteiger partial charge in [0.1, 0.15) is 5.75 Å². The Morgan fingerprint density at radius 3 is 2.45 bits per heavy atom. The number of carbonyl (C=O) groups excluding carboxylic acids is 1. The van der Waals surface area contributed by atoms with Crippen molar-refractivity contribution in [3.05, 3.63) is 57.6 Å². The first kappa shape index (κ1) is 22.0. The molecule has 0 aliphatic heterocycles. The number of nitro benzene ring substituents is 1. The molecule has 0 heterocycles. The molecule has 0 spiro atoms. The van der Waals surface area contributed by atoms with Gasteiger partial charge in [-0.15, -0.1) is 0 Å². The van der Waals surface area contributed by atoms with Crippen molar-refractivity contribution in [2.24, 2.45) is 5.92 Å².